The maximum Gasteiger partial charge on any atom is 0.360 e. The lowest BCUT2D eigenvalue weighted by Crippen LogP contribution is -2.63. The molecule has 0 aliphatic carbocycles. The second-order valence-electron chi connectivity index (χ2n) is 10.9. The topological polar surface area (TPSA) is 152 Å². The molecule has 1 aliphatic heterocycles. The first-order chi connectivity index (χ1) is 19.4. The zero-order valence-corrected chi connectivity index (χ0v) is 23.7. The van der Waals surface area contributed by atoms with E-state index in [-0.39, 0.29) is 23.1 Å². The summed E-state index contributed by atoms with van der Waals surface area (Å²) in [6.07, 6.45) is -5.06. The number of hydrogen-bond acceptors (Lipinski definition) is 9. The minimum atomic E-state index is -1.44. The van der Waals surface area contributed by atoms with Crippen LogP contribution in [0.1, 0.15) is 43.7 Å². The number of amides is 1. The number of aliphatic hydroxyl groups is 2. The smallest absolute Gasteiger partial charge is 0.360 e. The quantitative estimate of drug-likeness (QED) is 0.244. The van der Waals surface area contributed by atoms with Crippen LogP contribution in [0.15, 0.2) is 51.7 Å². The Hall–Kier alpha value is -3.90. The van der Waals surface area contributed by atoms with Gasteiger partial charge < -0.3 is 43.9 Å². The highest BCUT2D eigenvalue weighted by Gasteiger charge is 2.50. The number of aromatic nitrogens is 1. The summed E-state index contributed by atoms with van der Waals surface area (Å²) in [5, 5.41) is 25.4. The summed E-state index contributed by atoms with van der Waals surface area (Å²) in [4.78, 5) is 28.9. The molecule has 4 N–H and O–H groups in total. The van der Waals surface area contributed by atoms with E-state index in [4.69, 9.17) is 23.4 Å². The Bertz CT molecular complexity index is 1620. The lowest BCUT2D eigenvalue weighted by atomic mass is 9.89. The average molecular weight is 567 g/mol. The third-order valence-electron chi connectivity index (χ3n) is 7.09. The van der Waals surface area contributed by atoms with Crippen molar-refractivity contribution in [3.63, 3.8) is 0 Å². The molecule has 0 radical (unpaired) electrons. The van der Waals surface area contributed by atoms with Gasteiger partial charge in [0.2, 0.25) is 6.29 Å². The Balaban J connectivity index is 1.50. The summed E-state index contributed by atoms with van der Waals surface area (Å²) in [6.45, 7) is 8.78. The number of fused-ring (bicyclic) bond motifs is 2. The summed E-state index contributed by atoms with van der Waals surface area (Å²) in [5.41, 5.74) is -0.116. The van der Waals surface area contributed by atoms with Gasteiger partial charge in [-0.3, -0.25) is 4.79 Å². The van der Waals surface area contributed by atoms with Crippen LogP contribution < -0.4 is 20.4 Å². The van der Waals surface area contributed by atoms with Crippen molar-refractivity contribution < 1.29 is 38.4 Å². The summed E-state index contributed by atoms with van der Waals surface area (Å²) in [5.74, 6) is -0.0296. The lowest BCUT2D eigenvalue weighted by Gasteiger charge is -2.46. The zero-order valence-electron chi connectivity index (χ0n) is 23.7. The van der Waals surface area contributed by atoms with Crippen molar-refractivity contribution in [3.05, 3.63) is 64.1 Å². The largest absolute Gasteiger partial charge is 0.487 e. The van der Waals surface area contributed by atoms with Crippen molar-refractivity contribution in [1.82, 2.24) is 4.98 Å². The number of rotatable bonds is 7. The number of methoxy groups -OCH3 is 1. The normalized spacial score (nSPS) is 22.3. The standard InChI is InChI=1S/C30H34N2O9/c1-14(2)38-21-13-17-12-20(32-27(35)19-11-16-9-7-8-10-18(16)31-19)28(36)39-24(17)15(3)25(21)40-29-23(34)22(33)26(37-6)30(4,5)41-29/h7-14,22-23,26,29,31,33-34H,1-6H3,(H,32,35)/t22?,23?,26?,29-/m1/s1. The number of carbonyl (C=O) groups excluding carboxylic acids is 1. The van der Waals surface area contributed by atoms with Crippen LogP contribution >= 0.6 is 0 Å². The van der Waals surface area contributed by atoms with E-state index in [9.17, 15) is 19.8 Å². The van der Waals surface area contributed by atoms with Gasteiger partial charge in [0.25, 0.3) is 5.91 Å². The van der Waals surface area contributed by atoms with E-state index in [0.717, 1.165) is 10.9 Å². The summed E-state index contributed by atoms with van der Waals surface area (Å²) >= 11 is 0. The first-order valence-corrected chi connectivity index (χ1v) is 13.3. The fourth-order valence-corrected chi connectivity index (χ4v) is 5.16. The van der Waals surface area contributed by atoms with Gasteiger partial charge in [-0.2, -0.15) is 0 Å². The first kappa shape index (κ1) is 28.6. The molecular weight excluding hydrogens is 532 g/mol. The highest BCUT2D eigenvalue weighted by Crippen LogP contribution is 2.41. The maximum atomic E-state index is 13.0. The minimum Gasteiger partial charge on any atom is -0.487 e. The van der Waals surface area contributed by atoms with Gasteiger partial charge in [-0.05, 0) is 58.9 Å². The number of aromatic amines is 1. The van der Waals surface area contributed by atoms with Crippen LogP contribution in [-0.4, -0.2) is 64.5 Å². The predicted molar refractivity (Wildman–Crippen MR) is 152 cm³/mol. The van der Waals surface area contributed by atoms with Crippen molar-refractivity contribution in [1.29, 1.82) is 0 Å². The van der Waals surface area contributed by atoms with Crippen LogP contribution in [0.4, 0.5) is 5.69 Å². The number of H-pyrrole nitrogens is 1. The van der Waals surface area contributed by atoms with Crippen molar-refractivity contribution in [3.8, 4) is 11.5 Å². The molecule has 11 nitrogen and oxygen atoms in total. The maximum absolute atomic E-state index is 13.0. The molecule has 41 heavy (non-hydrogen) atoms. The first-order valence-electron chi connectivity index (χ1n) is 13.3. The zero-order chi connectivity index (χ0) is 29.6. The molecule has 218 valence electrons. The van der Waals surface area contributed by atoms with Gasteiger partial charge in [-0.25, -0.2) is 4.79 Å². The van der Waals surface area contributed by atoms with E-state index in [1.807, 2.05) is 38.1 Å². The SMILES string of the molecule is COC1C(O)C(O)[C@H](Oc2c(OC(C)C)cc3cc(NC(=O)c4cc5ccccc5[nH]4)c(=O)oc3c2C)OC1(C)C. The molecule has 3 heterocycles. The molecule has 11 heteroatoms. The molecule has 4 atom stereocenters. The van der Waals surface area contributed by atoms with E-state index in [1.165, 1.54) is 13.2 Å². The number of para-hydroxylation sites is 1. The molecular formula is C30H34N2O9. The molecule has 1 saturated heterocycles. The Morgan fingerprint density at radius 1 is 1.10 bits per heavy atom. The number of carbonyl (C=O) groups is 1. The van der Waals surface area contributed by atoms with Gasteiger partial charge in [0.05, 0.1) is 11.7 Å². The highest BCUT2D eigenvalue weighted by atomic mass is 16.7. The number of ether oxygens (including phenoxy) is 4. The number of hydrogen-bond donors (Lipinski definition) is 4. The van der Waals surface area contributed by atoms with Gasteiger partial charge >= 0.3 is 5.63 Å². The third kappa shape index (κ3) is 5.41. The van der Waals surface area contributed by atoms with Crippen LogP contribution in [0, 0.1) is 6.92 Å². The van der Waals surface area contributed by atoms with Crippen molar-refractivity contribution in [2.75, 3.05) is 12.4 Å². The number of benzene rings is 2. The van der Waals surface area contributed by atoms with E-state index in [2.05, 4.69) is 10.3 Å². The molecule has 2 aromatic heterocycles. The molecule has 4 aromatic rings. The minimum absolute atomic E-state index is 0.0498. The Kier molecular flexibility index (Phi) is 7.56. The number of aliphatic hydroxyl groups excluding tert-OH is 2. The monoisotopic (exact) mass is 566 g/mol. The van der Waals surface area contributed by atoms with Gasteiger partial charge in [-0.1, -0.05) is 18.2 Å². The molecule has 5 rings (SSSR count). The second kappa shape index (κ2) is 10.8. The number of aryl methyl sites for hydroxylation is 1. The van der Waals surface area contributed by atoms with Crippen LogP contribution in [0.3, 0.4) is 0 Å². The van der Waals surface area contributed by atoms with Gasteiger partial charge in [0.1, 0.15) is 35.3 Å². The molecule has 2 aromatic carbocycles. The molecule has 0 bridgehead atoms. The number of anilines is 1. The molecule has 0 saturated carbocycles. The van der Waals surface area contributed by atoms with Crippen LogP contribution in [0.25, 0.3) is 21.9 Å². The van der Waals surface area contributed by atoms with Gasteiger partial charge in [0.15, 0.2) is 11.5 Å². The van der Waals surface area contributed by atoms with Crippen molar-refractivity contribution >= 4 is 33.5 Å². The van der Waals surface area contributed by atoms with Crippen LogP contribution in [-0.2, 0) is 9.47 Å². The fourth-order valence-electron chi connectivity index (χ4n) is 5.16. The Morgan fingerprint density at radius 2 is 1.83 bits per heavy atom. The third-order valence-corrected chi connectivity index (χ3v) is 7.09. The van der Waals surface area contributed by atoms with Crippen LogP contribution in [0.5, 0.6) is 11.5 Å². The fraction of sp³-hybridized carbons (Fsp3) is 0.400. The Morgan fingerprint density at radius 3 is 2.51 bits per heavy atom. The predicted octanol–water partition coefficient (Wildman–Crippen LogP) is 3.87. The molecule has 0 spiro atoms. The summed E-state index contributed by atoms with van der Waals surface area (Å²) in [7, 11) is 1.42. The highest BCUT2D eigenvalue weighted by molar-refractivity contribution is 6.06. The second-order valence-corrected chi connectivity index (χ2v) is 10.9. The van der Waals surface area contributed by atoms with E-state index in [1.54, 1.807) is 32.9 Å². The van der Waals surface area contributed by atoms with E-state index < -0.39 is 41.7 Å². The Labute approximate surface area is 236 Å². The van der Waals surface area contributed by atoms with Crippen molar-refractivity contribution in [2.45, 2.75) is 70.9 Å². The van der Waals surface area contributed by atoms with Gasteiger partial charge in [0, 0.05) is 29.0 Å². The molecule has 1 amide bonds. The molecule has 1 aliphatic rings. The van der Waals surface area contributed by atoms with E-state index in [0.29, 0.717) is 22.4 Å². The van der Waals surface area contributed by atoms with E-state index >= 15 is 0 Å². The average Bonchev–Trinajstić information content (AvgIpc) is 3.35. The van der Waals surface area contributed by atoms with Crippen LogP contribution in [0.2, 0.25) is 0 Å². The lowest BCUT2D eigenvalue weighted by molar-refractivity contribution is -0.306. The number of nitrogens with one attached hydrogen (secondary N) is 2. The molecule has 1 fully saturated rings. The summed E-state index contributed by atoms with van der Waals surface area (Å²) in [6, 6.07) is 12.3. The molecule has 3 unspecified atom stereocenters. The van der Waals surface area contributed by atoms with Crippen molar-refractivity contribution in [2.24, 2.45) is 0 Å². The summed E-state index contributed by atoms with van der Waals surface area (Å²) < 4.78 is 29.1. The van der Waals surface area contributed by atoms with Gasteiger partial charge in [-0.15, -0.1) is 0 Å².